The summed E-state index contributed by atoms with van der Waals surface area (Å²) in [5.41, 5.74) is 8.32. The van der Waals surface area contributed by atoms with Crippen LogP contribution >= 0.6 is 0 Å². The van der Waals surface area contributed by atoms with E-state index in [-0.39, 0.29) is 5.91 Å². The fourth-order valence-electron chi connectivity index (χ4n) is 2.41. The lowest BCUT2D eigenvalue weighted by Crippen LogP contribution is -2.45. The van der Waals surface area contributed by atoms with E-state index in [9.17, 15) is 4.79 Å². The molecule has 1 aliphatic heterocycles. The van der Waals surface area contributed by atoms with Gasteiger partial charge in [-0.3, -0.25) is 4.79 Å². The molecule has 0 bridgehead atoms. The van der Waals surface area contributed by atoms with Crippen LogP contribution in [0.25, 0.3) is 0 Å². The van der Waals surface area contributed by atoms with Crippen molar-refractivity contribution in [2.24, 2.45) is 0 Å². The minimum Gasteiger partial charge on any atom is -0.397 e. The quantitative estimate of drug-likeness (QED) is 0.805. The minimum absolute atomic E-state index is 0.118. The predicted octanol–water partition coefficient (Wildman–Crippen LogP) is 1.24. The standard InChI is InChI=1S/C14H21N3O2/c1-3-11-9-19-7-6-17(11)13-5-4-10(8-12(13)15)14(18)16-2/h4-5,8,11H,3,6-7,9,15H2,1-2H3,(H,16,18). The largest absolute Gasteiger partial charge is 0.397 e. The van der Waals surface area contributed by atoms with Gasteiger partial charge in [-0.2, -0.15) is 0 Å². The van der Waals surface area contributed by atoms with Crippen molar-refractivity contribution in [3.8, 4) is 0 Å². The Morgan fingerprint density at radius 1 is 1.58 bits per heavy atom. The lowest BCUT2D eigenvalue weighted by Gasteiger charge is -2.37. The molecule has 0 spiro atoms. The Bertz CT molecular complexity index is 462. The second-order valence-corrected chi connectivity index (χ2v) is 4.68. The van der Waals surface area contributed by atoms with Crippen molar-refractivity contribution in [3.05, 3.63) is 23.8 Å². The monoisotopic (exact) mass is 263 g/mol. The molecule has 0 saturated carbocycles. The zero-order valence-corrected chi connectivity index (χ0v) is 11.5. The third-order valence-corrected chi connectivity index (χ3v) is 3.52. The molecule has 1 aromatic rings. The van der Waals surface area contributed by atoms with Gasteiger partial charge >= 0.3 is 0 Å². The highest BCUT2D eigenvalue weighted by Crippen LogP contribution is 2.28. The van der Waals surface area contributed by atoms with Crippen molar-refractivity contribution < 1.29 is 9.53 Å². The van der Waals surface area contributed by atoms with Crippen LogP contribution in [-0.2, 0) is 4.74 Å². The van der Waals surface area contributed by atoms with Crippen LogP contribution in [-0.4, -0.2) is 38.8 Å². The van der Waals surface area contributed by atoms with Crippen molar-refractivity contribution in [1.82, 2.24) is 5.32 Å². The first-order valence-electron chi connectivity index (χ1n) is 6.63. The van der Waals surface area contributed by atoms with E-state index in [0.29, 0.717) is 23.9 Å². The van der Waals surface area contributed by atoms with Crippen molar-refractivity contribution in [1.29, 1.82) is 0 Å². The molecule has 3 N–H and O–H groups in total. The van der Waals surface area contributed by atoms with Gasteiger partial charge in [-0.05, 0) is 24.6 Å². The number of nitrogens with two attached hydrogens (primary N) is 1. The highest BCUT2D eigenvalue weighted by Gasteiger charge is 2.23. The van der Waals surface area contributed by atoms with E-state index in [0.717, 1.165) is 25.3 Å². The molecular weight excluding hydrogens is 242 g/mol. The zero-order valence-electron chi connectivity index (χ0n) is 11.5. The number of nitrogen functional groups attached to an aromatic ring is 1. The molecule has 19 heavy (non-hydrogen) atoms. The maximum Gasteiger partial charge on any atom is 0.251 e. The molecule has 0 aliphatic carbocycles. The first-order chi connectivity index (χ1) is 9.17. The smallest absolute Gasteiger partial charge is 0.251 e. The van der Waals surface area contributed by atoms with Crippen LogP contribution in [0, 0.1) is 0 Å². The molecule has 1 unspecified atom stereocenters. The summed E-state index contributed by atoms with van der Waals surface area (Å²) in [6.45, 7) is 4.42. The Balaban J connectivity index is 2.27. The van der Waals surface area contributed by atoms with Gasteiger partial charge in [-0.15, -0.1) is 0 Å². The Kier molecular flexibility index (Phi) is 4.27. The van der Waals surface area contributed by atoms with E-state index in [1.807, 2.05) is 12.1 Å². The normalized spacial score (nSPS) is 19.3. The fraction of sp³-hybridized carbons (Fsp3) is 0.500. The van der Waals surface area contributed by atoms with E-state index in [4.69, 9.17) is 10.5 Å². The van der Waals surface area contributed by atoms with E-state index in [1.165, 1.54) is 0 Å². The molecule has 1 amide bonds. The Morgan fingerprint density at radius 3 is 3.00 bits per heavy atom. The van der Waals surface area contributed by atoms with Crippen LogP contribution in [0.3, 0.4) is 0 Å². The third kappa shape index (κ3) is 2.81. The molecule has 2 rings (SSSR count). The van der Waals surface area contributed by atoms with Crippen LogP contribution in [0.4, 0.5) is 11.4 Å². The summed E-state index contributed by atoms with van der Waals surface area (Å²) in [7, 11) is 1.61. The van der Waals surface area contributed by atoms with E-state index in [2.05, 4.69) is 17.1 Å². The van der Waals surface area contributed by atoms with Gasteiger partial charge in [0, 0.05) is 19.2 Å². The number of carbonyl (C=O) groups is 1. The van der Waals surface area contributed by atoms with Gasteiger partial charge in [-0.1, -0.05) is 6.92 Å². The first-order valence-corrected chi connectivity index (χ1v) is 6.63. The van der Waals surface area contributed by atoms with Crippen LogP contribution in [0.5, 0.6) is 0 Å². The Hall–Kier alpha value is -1.75. The molecule has 0 radical (unpaired) electrons. The molecule has 1 saturated heterocycles. The Morgan fingerprint density at radius 2 is 2.37 bits per heavy atom. The summed E-state index contributed by atoms with van der Waals surface area (Å²) in [4.78, 5) is 13.8. The summed E-state index contributed by atoms with van der Waals surface area (Å²) >= 11 is 0. The lowest BCUT2D eigenvalue weighted by atomic mass is 10.1. The summed E-state index contributed by atoms with van der Waals surface area (Å²) < 4.78 is 5.50. The number of amides is 1. The van der Waals surface area contributed by atoms with Gasteiger partial charge < -0.3 is 20.7 Å². The van der Waals surface area contributed by atoms with Crippen LogP contribution < -0.4 is 16.0 Å². The molecular formula is C14H21N3O2. The number of ether oxygens (including phenoxy) is 1. The van der Waals surface area contributed by atoms with Crippen LogP contribution in [0.2, 0.25) is 0 Å². The molecule has 5 nitrogen and oxygen atoms in total. The molecule has 1 atom stereocenters. The van der Waals surface area contributed by atoms with Gasteiger partial charge in [0.05, 0.1) is 30.6 Å². The average molecular weight is 263 g/mol. The van der Waals surface area contributed by atoms with Crippen molar-refractivity contribution in [2.75, 3.05) is 37.4 Å². The van der Waals surface area contributed by atoms with Crippen molar-refractivity contribution >= 4 is 17.3 Å². The molecule has 1 aliphatic rings. The molecule has 1 fully saturated rings. The Labute approximate surface area is 113 Å². The summed E-state index contributed by atoms with van der Waals surface area (Å²) in [6, 6.07) is 5.82. The minimum atomic E-state index is -0.118. The highest BCUT2D eigenvalue weighted by molar-refractivity contribution is 5.96. The second-order valence-electron chi connectivity index (χ2n) is 4.68. The molecule has 1 heterocycles. The molecule has 1 aromatic carbocycles. The van der Waals surface area contributed by atoms with Gasteiger partial charge in [0.1, 0.15) is 0 Å². The van der Waals surface area contributed by atoms with Gasteiger partial charge in [-0.25, -0.2) is 0 Å². The van der Waals surface area contributed by atoms with Gasteiger partial charge in [0.2, 0.25) is 0 Å². The average Bonchev–Trinajstić information content (AvgIpc) is 2.46. The van der Waals surface area contributed by atoms with Crippen LogP contribution in [0.1, 0.15) is 23.7 Å². The number of rotatable bonds is 3. The van der Waals surface area contributed by atoms with Gasteiger partial charge in [0.25, 0.3) is 5.91 Å². The van der Waals surface area contributed by atoms with Crippen molar-refractivity contribution in [2.45, 2.75) is 19.4 Å². The first kappa shape index (κ1) is 13.7. The zero-order chi connectivity index (χ0) is 13.8. The third-order valence-electron chi connectivity index (χ3n) is 3.52. The number of nitrogens with one attached hydrogen (secondary N) is 1. The topological polar surface area (TPSA) is 67.6 Å². The van der Waals surface area contributed by atoms with E-state index in [1.54, 1.807) is 13.1 Å². The number of nitrogens with zero attached hydrogens (tertiary/aromatic N) is 1. The number of benzene rings is 1. The molecule has 5 heteroatoms. The van der Waals surface area contributed by atoms with Crippen LogP contribution in [0.15, 0.2) is 18.2 Å². The fourth-order valence-corrected chi connectivity index (χ4v) is 2.41. The number of hydrogen-bond acceptors (Lipinski definition) is 4. The SMILES string of the molecule is CCC1COCCN1c1ccc(C(=O)NC)cc1N. The number of morpholine rings is 1. The number of carbonyl (C=O) groups excluding carboxylic acids is 1. The summed E-state index contributed by atoms with van der Waals surface area (Å²) in [6.07, 6.45) is 1.01. The lowest BCUT2D eigenvalue weighted by molar-refractivity contribution is 0.0930. The summed E-state index contributed by atoms with van der Waals surface area (Å²) in [5, 5.41) is 2.60. The molecule has 0 aromatic heterocycles. The van der Waals surface area contributed by atoms with E-state index >= 15 is 0 Å². The number of anilines is 2. The van der Waals surface area contributed by atoms with Gasteiger partial charge in [0.15, 0.2) is 0 Å². The molecule has 104 valence electrons. The maximum absolute atomic E-state index is 11.6. The highest BCUT2D eigenvalue weighted by atomic mass is 16.5. The van der Waals surface area contributed by atoms with Crippen molar-refractivity contribution in [3.63, 3.8) is 0 Å². The maximum atomic E-state index is 11.6. The van der Waals surface area contributed by atoms with E-state index < -0.39 is 0 Å². The summed E-state index contributed by atoms with van der Waals surface area (Å²) in [5.74, 6) is -0.118. The predicted molar refractivity (Wildman–Crippen MR) is 76.5 cm³/mol. The second kappa shape index (κ2) is 5.93. The number of hydrogen-bond donors (Lipinski definition) is 2.